The Morgan fingerprint density at radius 3 is 2.22 bits per heavy atom. The van der Waals surface area contributed by atoms with E-state index in [0.717, 1.165) is 0 Å². The highest BCUT2D eigenvalue weighted by Gasteiger charge is 2.29. The van der Waals surface area contributed by atoms with Crippen LogP contribution in [0, 0.1) is 5.92 Å². The summed E-state index contributed by atoms with van der Waals surface area (Å²) in [5, 5.41) is 15.5. The molecule has 150 valence electrons. The smallest absolute Gasteiger partial charge is 0.326 e. The number of ether oxygens (including phenoxy) is 2. The summed E-state index contributed by atoms with van der Waals surface area (Å²) in [6.07, 6.45) is 0.109. The van der Waals surface area contributed by atoms with Crippen molar-refractivity contribution in [2.45, 2.75) is 26.3 Å². The first-order valence-corrected chi connectivity index (χ1v) is 8.88. The Morgan fingerprint density at radius 1 is 1.22 bits per heavy atom. The topological polar surface area (TPSA) is 100 Å². The minimum absolute atomic E-state index is 0.109. The van der Waals surface area contributed by atoms with E-state index < -0.39 is 12.0 Å². The number of nitrogens with zero attached hydrogens (tertiary/aromatic N) is 1. The lowest BCUT2D eigenvalue weighted by molar-refractivity contribution is -0.150. The van der Waals surface area contributed by atoms with Crippen molar-refractivity contribution >= 4 is 34.9 Å². The number of likely N-dealkylation sites (N-methyl/N-ethyl adjacent to an activating group) is 1. The van der Waals surface area contributed by atoms with Gasteiger partial charge in [-0.05, 0) is 30.3 Å². The van der Waals surface area contributed by atoms with E-state index in [1.165, 1.54) is 11.9 Å². The highest BCUT2D eigenvalue weighted by molar-refractivity contribution is 7.80. The molecule has 1 rings (SSSR count). The first-order valence-electron chi connectivity index (χ1n) is 8.47. The molecule has 0 aliphatic carbocycles. The number of anilines is 1. The van der Waals surface area contributed by atoms with Gasteiger partial charge in [0.2, 0.25) is 5.91 Å². The Labute approximate surface area is 164 Å². The number of hydrogen-bond acceptors (Lipinski definition) is 5. The quantitative estimate of drug-likeness (QED) is 0.544. The zero-order valence-corrected chi connectivity index (χ0v) is 17.1. The van der Waals surface area contributed by atoms with Gasteiger partial charge in [0.05, 0.1) is 14.2 Å². The molecule has 1 amide bonds. The number of amides is 1. The summed E-state index contributed by atoms with van der Waals surface area (Å²) in [5.41, 5.74) is 0.578. The fraction of sp³-hybridized carbons (Fsp3) is 0.500. The van der Waals surface area contributed by atoms with Crippen molar-refractivity contribution in [2.75, 3.05) is 33.1 Å². The van der Waals surface area contributed by atoms with Crippen LogP contribution in [0.1, 0.15) is 20.3 Å². The van der Waals surface area contributed by atoms with Crippen LogP contribution in [0.25, 0.3) is 0 Å². The molecular weight excluding hydrogens is 370 g/mol. The molecule has 0 aliphatic heterocycles. The second-order valence-electron chi connectivity index (χ2n) is 6.20. The fourth-order valence-corrected chi connectivity index (χ4v) is 2.85. The third kappa shape index (κ3) is 6.28. The lowest BCUT2D eigenvalue weighted by Crippen LogP contribution is -2.46. The summed E-state index contributed by atoms with van der Waals surface area (Å²) in [6.45, 7) is 3.79. The van der Waals surface area contributed by atoms with Gasteiger partial charge in [-0.1, -0.05) is 19.9 Å². The first-order chi connectivity index (χ1) is 12.7. The number of carboxylic acid groups (broad SMARTS) is 1. The maximum Gasteiger partial charge on any atom is 0.326 e. The van der Waals surface area contributed by atoms with Crippen molar-refractivity contribution < 1.29 is 24.2 Å². The van der Waals surface area contributed by atoms with Gasteiger partial charge in [-0.25, -0.2) is 4.79 Å². The SMILES string of the molecule is COc1cccc(OC)c1NC(=S)NCCC(=O)N(C)C(C(=O)O)C(C)C. The number of methoxy groups -OCH3 is 2. The Morgan fingerprint density at radius 2 is 1.78 bits per heavy atom. The van der Waals surface area contributed by atoms with Gasteiger partial charge in [-0.2, -0.15) is 0 Å². The molecular formula is C18H27N3O5S. The molecule has 1 aromatic carbocycles. The lowest BCUT2D eigenvalue weighted by Gasteiger charge is -2.27. The fourth-order valence-electron chi connectivity index (χ4n) is 2.64. The summed E-state index contributed by atoms with van der Waals surface area (Å²) >= 11 is 5.25. The average Bonchev–Trinajstić information content (AvgIpc) is 2.60. The number of nitrogens with one attached hydrogen (secondary N) is 2. The zero-order valence-electron chi connectivity index (χ0n) is 16.2. The van der Waals surface area contributed by atoms with Crippen LogP contribution >= 0.6 is 12.2 Å². The van der Waals surface area contributed by atoms with E-state index in [1.807, 2.05) is 0 Å². The summed E-state index contributed by atoms with van der Waals surface area (Å²) in [7, 11) is 4.58. The number of aliphatic carboxylic acids is 1. The number of thiocarbonyl (C=S) groups is 1. The van der Waals surface area contributed by atoms with Crippen molar-refractivity contribution in [3.8, 4) is 11.5 Å². The Kier molecular flexibility index (Phi) is 8.80. The van der Waals surface area contributed by atoms with Gasteiger partial charge in [-0.15, -0.1) is 0 Å². The molecule has 1 atom stereocenters. The predicted molar refractivity (Wildman–Crippen MR) is 107 cm³/mol. The van der Waals surface area contributed by atoms with E-state index in [9.17, 15) is 14.7 Å². The summed E-state index contributed by atoms with van der Waals surface area (Å²) in [4.78, 5) is 24.8. The molecule has 3 N–H and O–H groups in total. The maximum absolute atomic E-state index is 12.3. The van der Waals surface area contributed by atoms with Crippen molar-refractivity contribution in [3.63, 3.8) is 0 Å². The van der Waals surface area contributed by atoms with E-state index in [4.69, 9.17) is 21.7 Å². The molecule has 0 saturated carbocycles. The maximum atomic E-state index is 12.3. The van der Waals surface area contributed by atoms with Crippen LogP contribution < -0.4 is 20.1 Å². The van der Waals surface area contributed by atoms with Gasteiger partial charge < -0.3 is 30.1 Å². The van der Waals surface area contributed by atoms with Crippen molar-refractivity contribution in [2.24, 2.45) is 5.92 Å². The number of rotatable bonds is 9. The van der Waals surface area contributed by atoms with Crippen LogP contribution in [0.2, 0.25) is 0 Å². The number of hydrogen-bond donors (Lipinski definition) is 3. The third-order valence-corrected chi connectivity index (χ3v) is 4.23. The molecule has 0 radical (unpaired) electrons. The summed E-state index contributed by atoms with van der Waals surface area (Å²) in [5.74, 6) is -0.355. The normalized spacial score (nSPS) is 11.5. The molecule has 1 aromatic rings. The average molecular weight is 397 g/mol. The molecule has 0 aromatic heterocycles. The molecule has 8 nitrogen and oxygen atoms in total. The number of carboxylic acids is 1. The first kappa shape index (κ1) is 22.5. The standard InChI is InChI=1S/C18H27N3O5S/c1-11(2)16(17(23)24)21(3)14(22)9-10-19-18(27)20-15-12(25-4)7-6-8-13(15)26-5/h6-8,11,16H,9-10H2,1-5H3,(H,23,24)(H2,19,20,27). The minimum Gasteiger partial charge on any atom is -0.494 e. The third-order valence-electron chi connectivity index (χ3n) is 3.99. The van der Waals surface area contributed by atoms with E-state index in [1.54, 1.807) is 46.3 Å². The number of carbonyl (C=O) groups excluding carboxylic acids is 1. The molecule has 9 heteroatoms. The van der Waals surface area contributed by atoms with Gasteiger partial charge in [-0.3, -0.25) is 4.79 Å². The lowest BCUT2D eigenvalue weighted by atomic mass is 10.0. The number of para-hydroxylation sites is 1. The van der Waals surface area contributed by atoms with Crippen molar-refractivity contribution in [3.05, 3.63) is 18.2 Å². The van der Waals surface area contributed by atoms with Crippen molar-refractivity contribution in [1.82, 2.24) is 10.2 Å². The van der Waals surface area contributed by atoms with E-state index in [2.05, 4.69) is 10.6 Å². The summed E-state index contributed by atoms with van der Waals surface area (Å²) in [6, 6.07) is 4.47. The van der Waals surface area contributed by atoms with Crippen molar-refractivity contribution in [1.29, 1.82) is 0 Å². The Balaban J connectivity index is 2.61. The van der Waals surface area contributed by atoms with Crippen LogP contribution in [0.5, 0.6) is 11.5 Å². The molecule has 0 spiro atoms. The number of benzene rings is 1. The van der Waals surface area contributed by atoms with Crippen LogP contribution in [0.3, 0.4) is 0 Å². The van der Waals surface area contributed by atoms with Crippen LogP contribution in [-0.4, -0.2) is 60.8 Å². The van der Waals surface area contributed by atoms with E-state index in [-0.39, 0.29) is 24.8 Å². The second-order valence-corrected chi connectivity index (χ2v) is 6.61. The Hall–Kier alpha value is -2.55. The minimum atomic E-state index is -1.02. The predicted octanol–water partition coefficient (Wildman–Crippen LogP) is 1.95. The molecule has 0 bridgehead atoms. The van der Waals surface area contributed by atoms with Gasteiger partial charge in [0.15, 0.2) is 5.11 Å². The van der Waals surface area contributed by atoms with E-state index >= 15 is 0 Å². The highest BCUT2D eigenvalue weighted by atomic mass is 32.1. The van der Waals surface area contributed by atoms with Gasteiger partial charge in [0, 0.05) is 20.0 Å². The van der Waals surface area contributed by atoms with Gasteiger partial charge in [0.25, 0.3) is 0 Å². The van der Waals surface area contributed by atoms with E-state index in [0.29, 0.717) is 22.3 Å². The monoisotopic (exact) mass is 397 g/mol. The van der Waals surface area contributed by atoms with Crippen LogP contribution in [0.15, 0.2) is 18.2 Å². The second kappa shape index (κ2) is 10.6. The molecule has 0 fully saturated rings. The number of carbonyl (C=O) groups is 2. The molecule has 0 aliphatic rings. The highest BCUT2D eigenvalue weighted by Crippen LogP contribution is 2.33. The van der Waals surface area contributed by atoms with Crippen LogP contribution in [-0.2, 0) is 9.59 Å². The van der Waals surface area contributed by atoms with Crippen LogP contribution in [0.4, 0.5) is 5.69 Å². The van der Waals surface area contributed by atoms with Gasteiger partial charge >= 0.3 is 5.97 Å². The summed E-state index contributed by atoms with van der Waals surface area (Å²) < 4.78 is 10.6. The Bertz CT molecular complexity index is 659. The molecule has 0 saturated heterocycles. The molecule has 0 heterocycles. The zero-order chi connectivity index (χ0) is 20.6. The van der Waals surface area contributed by atoms with Gasteiger partial charge in [0.1, 0.15) is 23.2 Å². The largest absolute Gasteiger partial charge is 0.494 e. The molecule has 1 unspecified atom stereocenters. The molecule has 27 heavy (non-hydrogen) atoms.